The van der Waals surface area contributed by atoms with Crippen molar-refractivity contribution in [1.29, 1.82) is 0 Å². The minimum absolute atomic E-state index is 0.00971. The predicted octanol–water partition coefficient (Wildman–Crippen LogP) is 0.132. The number of fused-ring (bicyclic) bond motifs is 1. The number of pyridine rings is 1. The molecule has 3 rings (SSSR count). The number of amides is 1. The molecule has 112 valence electrons. The molecular formula is C14H18N4O3. The molecule has 2 aromatic rings. The smallest absolute Gasteiger partial charge is 0.350 e. The van der Waals surface area contributed by atoms with Crippen molar-refractivity contribution in [3.05, 3.63) is 34.9 Å². The lowest BCUT2D eigenvalue weighted by Gasteiger charge is -2.35. The van der Waals surface area contributed by atoms with E-state index in [0.29, 0.717) is 18.7 Å². The van der Waals surface area contributed by atoms with Crippen molar-refractivity contribution < 1.29 is 9.53 Å². The number of aromatic nitrogens is 3. The third kappa shape index (κ3) is 2.69. The Balaban J connectivity index is 1.80. The first-order chi connectivity index (χ1) is 10.0. The number of rotatable bonds is 2. The molecule has 0 radical (unpaired) electrons. The molecule has 0 saturated carbocycles. The van der Waals surface area contributed by atoms with Gasteiger partial charge in [0.1, 0.15) is 6.54 Å². The van der Waals surface area contributed by atoms with Crippen LogP contribution in [0.3, 0.4) is 0 Å². The van der Waals surface area contributed by atoms with Crippen LogP contribution in [-0.2, 0) is 16.1 Å². The molecule has 1 amide bonds. The Hall–Kier alpha value is -2.15. The minimum atomic E-state index is -0.298. The fourth-order valence-corrected chi connectivity index (χ4v) is 2.68. The summed E-state index contributed by atoms with van der Waals surface area (Å²) in [5.41, 5.74) is 0.243. The van der Waals surface area contributed by atoms with Gasteiger partial charge < -0.3 is 9.64 Å². The fraction of sp³-hybridized carbons (Fsp3) is 0.500. The lowest BCUT2D eigenvalue weighted by atomic mass is 10.2. The number of hydrogen-bond donors (Lipinski definition) is 0. The van der Waals surface area contributed by atoms with Crippen LogP contribution in [0.15, 0.2) is 29.2 Å². The summed E-state index contributed by atoms with van der Waals surface area (Å²) in [5.74, 6) is -0.109. The molecule has 7 heteroatoms. The molecule has 1 saturated heterocycles. The van der Waals surface area contributed by atoms with Crippen LogP contribution in [0, 0.1) is 0 Å². The van der Waals surface area contributed by atoms with Crippen LogP contribution in [0.2, 0.25) is 0 Å². The van der Waals surface area contributed by atoms with Gasteiger partial charge in [-0.25, -0.2) is 9.48 Å². The molecule has 0 bridgehead atoms. The van der Waals surface area contributed by atoms with Crippen molar-refractivity contribution in [2.75, 3.05) is 13.1 Å². The second-order valence-electron chi connectivity index (χ2n) is 5.43. The molecule has 2 aromatic heterocycles. The first-order valence-corrected chi connectivity index (χ1v) is 7.02. The summed E-state index contributed by atoms with van der Waals surface area (Å²) in [5, 5.41) is 4.17. The average Bonchev–Trinajstić information content (AvgIpc) is 2.75. The molecule has 0 aromatic carbocycles. The Morgan fingerprint density at radius 1 is 1.33 bits per heavy atom. The van der Waals surface area contributed by atoms with Gasteiger partial charge in [-0.05, 0) is 26.0 Å². The Kier molecular flexibility index (Phi) is 3.50. The van der Waals surface area contributed by atoms with E-state index in [1.807, 2.05) is 13.8 Å². The normalized spacial score (nSPS) is 22.7. The van der Waals surface area contributed by atoms with Gasteiger partial charge in [-0.1, -0.05) is 6.07 Å². The zero-order chi connectivity index (χ0) is 15.0. The fourth-order valence-electron chi connectivity index (χ4n) is 2.68. The van der Waals surface area contributed by atoms with Crippen LogP contribution >= 0.6 is 0 Å². The summed E-state index contributed by atoms with van der Waals surface area (Å²) < 4.78 is 8.25. The Morgan fingerprint density at radius 3 is 2.71 bits per heavy atom. The molecule has 3 heterocycles. The van der Waals surface area contributed by atoms with Crippen LogP contribution in [0.4, 0.5) is 0 Å². The van der Waals surface area contributed by atoms with Crippen LogP contribution in [0.1, 0.15) is 13.8 Å². The Labute approximate surface area is 121 Å². The first kappa shape index (κ1) is 13.8. The second kappa shape index (κ2) is 5.33. The zero-order valence-corrected chi connectivity index (χ0v) is 12.1. The van der Waals surface area contributed by atoms with Crippen molar-refractivity contribution in [2.45, 2.75) is 32.6 Å². The number of nitrogens with zero attached hydrogens (tertiary/aromatic N) is 4. The zero-order valence-electron chi connectivity index (χ0n) is 12.1. The average molecular weight is 290 g/mol. The maximum atomic E-state index is 12.3. The lowest BCUT2D eigenvalue weighted by molar-refractivity contribution is -0.144. The van der Waals surface area contributed by atoms with Gasteiger partial charge >= 0.3 is 5.69 Å². The summed E-state index contributed by atoms with van der Waals surface area (Å²) >= 11 is 0. The van der Waals surface area contributed by atoms with Crippen LogP contribution < -0.4 is 5.69 Å². The van der Waals surface area contributed by atoms with Gasteiger partial charge in [0.2, 0.25) is 5.91 Å². The number of carbonyl (C=O) groups is 1. The van der Waals surface area contributed by atoms with Gasteiger partial charge in [0.15, 0.2) is 5.65 Å². The van der Waals surface area contributed by atoms with Crippen LogP contribution in [0.25, 0.3) is 5.65 Å². The largest absolute Gasteiger partial charge is 0.372 e. The van der Waals surface area contributed by atoms with Crippen molar-refractivity contribution in [3.8, 4) is 0 Å². The highest BCUT2D eigenvalue weighted by Gasteiger charge is 2.26. The Bertz CT molecular complexity index is 710. The van der Waals surface area contributed by atoms with E-state index in [4.69, 9.17) is 4.74 Å². The maximum absolute atomic E-state index is 12.3. The quantitative estimate of drug-likeness (QED) is 0.788. The second-order valence-corrected chi connectivity index (χ2v) is 5.43. The highest BCUT2D eigenvalue weighted by molar-refractivity contribution is 5.76. The standard InChI is InChI=1S/C14H18N4O3/c1-10-7-16(8-11(2)21-10)13(19)9-18-14(20)17-6-4-3-5-12(17)15-18/h3-6,10-11H,7-9H2,1-2H3/t10-,11-/m1/s1. The predicted molar refractivity (Wildman–Crippen MR) is 76.0 cm³/mol. The van der Waals surface area contributed by atoms with E-state index < -0.39 is 0 Å². The van der Waals surface area contributed by atoms with Crippen molar-refractivity contribution in [3.63, 3.8) is 0 Å². The SMILES string of the molecule is C[C@@H]1CN(C(=O)Cn2nc3ccccn3c2=O)C[C@@H](C)O1. The van der Waals surface area contributed by atoms with Crippen molar-refractivity contribution in [2.24, 2.45) is 0 Å². The monoisotopic (exact) mass is 290 g/mol. The highest BCUT2D eigenvalue weighted by atomic mass is 16.5. The van der Waals surface area contributed by atoms with E-state index in [1.54, 1.807) is 29.3 Å². The summed E-state index contributed by atoms with van der Waals surface area (Å²) in [6.45, 7) is 4.93. The first-order valence-electron chi connectivity index (χ1n) is 7.02. The number of hydrogen-bond acceptors (Lipinski definition) is 4. The third-order valence-corrected chi connectivity index (χ3v) is 3.55. The summed E-state index contributed by atoms with van der Waals surface area (Å²) in [4.78, 5) is 26.2. The molecule has 1 aliphatic rings. The summed E-state index contributed by atoms with van der Waals surface area (Å²) in [6, 6.07) is 5.30. The van der Waals surface area contributed by atoms with E-state index in [0.717, 1.165) is 0 Å². The third-order valence-electron chi connectivity index (χ3n) is 3.55. The van der Waals surface area contributed by atoms with Crippen molar-refractivity contribution in [1.82, 2.24) is 19.1 Å². The van der Waals surface area contributed by atoms with E-state index in [9.17, 15) is 9.59 Å². The van der Waals surface area contributed by atoms with Gasteiger partial charge in [-0.2, -0.15) is 0 Å². The number of ether oxygens (including phenoxy) is 1. The van der Waals surface area contributed by atoms with Crippen LogP contribution in [-0.4, -0.2) is 50.3 Å². The van der Waals surface area contributed by atoms with Gasteiger partial charge in [0.25, 0.3) is 0 Å². The lowest BCUT2D eigenvalue weighted by Crippen LogP contribution is -2.49. The number of carbonyl (C=O) groups excluding carboxylic acids is 1. The number of morpholine rings is 1. The van der Waals surface area contributed by atoms with E-state index in [1.165, 1.54) is 9.08 Å². The molecule has 0 spiro atoms. The molecule has 1 aliphatic heterocycles. The van der Waals surface area contributed by atoms with Gasteiger partial charge in [-0.3, -0.25) is 9.20 Å². The Morgan fingerprint density at radius 2 is 2.05 bits per heavy atom. The van der Waals surface area contributed by atoms with Gasteiger partial charge in [0.05, 0.1) is 12.2 Å². The van der Waals surface area contributed by atoms with Gasteiger partial charge in [0, 0.05) is 19.3 Å². The minimum Gasteiger partial charge on any atom is -0.372 e. The van der Waals surface area contributed by atoms with E-state index >= 15 is 0 Å². The molecule has 0 N–H and O–H groups in total. The molecule has 1 fully saturated rings. The van der Waals surface area contributed by atoms with E-state index in [2.05, 4.69) is 5.10 Å². The van der Waals surface area contributed by atoms with Gasteiger partial charge in [-0.15, -0.1) is 5.10 Å². The van der Waals surface area contributed by atoms with E-state index in [-0.39, 0.29) is 30.3 Å². The molecule has 21 heavy (non-hydrogen) atoms. The van der Waals surface area contributed by atoms with Crippen molar-refractivity contribution >= 4 is 11.6 Å². The molecule has 2 atom stereocenters. The molecule has 7 nitrogen and oxygen atoms in total. The molecular weight excluding hydrogens is 272 g/mol. The molecule has 0 unspecified atom stereocenters. The van der Waals surface area contributed by atoms with Crippen LogP contribution in [0.5, 0.6) is 0 Å². The molecule has 0 aliphatic carbocycles. The topological polar surface area (TPSA) is 68.8 Å². The highest BCUT2D eigenvalue weighted by Crippen LogP contribution is 2.11. The summed E-state index contributed by atoms with van der Waals surface area (Å²) in [7, 11) is 0. The summed E-state index contributed by atoms with van der Waals surface area (Å²) in [6.07, 6.45) is 1.66. The maximum Gasteiger partial charge on any atom is 0.350 e.